The number of aromatic nitrogens is 4. The first-order chi connectivity index (χ1) is 26.6. The summed E-state index contributed by atoms with van der Waals surface area (Å²) in [5.74, 6) is 0.614. The number of hydrogen-bond acceptors (Lipinski definition) is 14. The highest BCUT2D eigenvalue weighted by molar-refractivity contribution is 7.87. The van der Waals surface area contributed by atoms with Gasteiger partial charge in [0, 0.05) is 5.56 Å². The molecule has 3 heterocycles. The minimum absolute atomic E-state index is 0.158. The molecule has 4 aromatic carbocycles. The third-order valence-corrected chi connectivity index (χ3v) is 13.0. The Balaban J connectivity index is 1.34. The second-order valence-corrected chi connectivity index (χ2v) is 17.8. The minimum Gasteiger partial charge on any atom is -0.497 e. The smallest absolute Gasteiger partial charge is 0.297 e. The molecular weight excluding hydrogens is 785 g/mol. The van der Waals surface area contributed by atoms with Crippen LogP contribution in [-0.2, 0) is 47.6 Å². The molecule has 292 valence electrons. The lowest BCUT2D eigenvalue weighted by atomic mass is 10.1. The molecule has 2 aromatic heterocycles. The fraction of sp³-hybridized carbons (Fsp3) is 0.237. The van der Waals surface area contributed by atoms with E-state index in [1.54, 1.807) is 81.4 Å². The van der Waals surface area contributed by atoms with Gasteiger partial charge in [0.05, 0.1) is 34.7 Å². The van der Waals surface area contributed by atoms with Gasteiger partial charge in [-0.3, -0.25) is 17.1 Å². The van der Waals surface area contributed by atoms with E-state index in [1.165, 1.54) is 60.7 Å². The molecule has 6 aromatic rings. The zero-order valence-corrected chi connectivity index (χ0v) is 32.9. The number of fused-ring (bicyclic) bond motifs is 1. The van der Waals surface area contributed by atoms with Crippen LogP contribution in [0.2, 0.25) is 0 Å². The molecule has 0 aliphatic carbocycles. The van der Waals surface area contributed by atoms with Crippen molar-refractivity contribution >= 4 is 41.5 Å². The highest BCUT2D eigenvalue weighted by atomic mass is 32.2. The molecule has 7 rings (SSSR count). The summed E-state index contributed by atoms with van der Waals surface area (Å²) in [4.78, 5) is 12.7. The van der Waals surface area contributed by atoms with Crippen molar-refractivity contribution in [3.8, 4) is 17.0 Å². The van der Waals surface area contributed by atoms with Gasteiger partial charge >= 0.3 is 0 Å². The maximum Gasteiger partial charge on any atom is 0.297 e. The maximum atomic E-state index is 14.0. The number of hydrogen-bond donors (Lipinski definition) is 0. The van der Waals surface area contributed by atoms with Crippen LogP contribution in [0.15, 0.2) is 124 Å². The van der Waals surface area contributed by atoms with E-state index in [1.807, 2.05) is 0 Å². The third-order valence-electron chi connectivity index (χ3n) is 9.07. The average molecular weight is 821 g/mol. The molecule has 0 amide bonds. The third kappa shape index (κ3) is 8.08. The predicted molar refractivity (Wildman–Crippen MR) is 202 cm³/mol. The van der Waals surface area contributed by atoms with Gasteiger partial charge in [-0.15, -0.1) is 0 Å². The zero-order chi connectivity index (χ0) is 39.8. The highest BCUT2D eigenvalue weighted by Gasteiger charge is 2.53. The minimum atomic E-state index is -4.67. The van der Waals surface area contributed by atoms with Crippen molar-refractivity contribution in [1.29, 1.82) is 0 Å². The number of imidazole rings is 1. The van der Waals surface area contributed by atoms with Crippen molar-refractivity contribution in [2.75, 3.05) is 13.7 Å². The Morgan fingerprint density at radius 3 is 1.64 bits per heavy atom. The SMILES string of the molecule is COc1ccc(-c2ncnc3c2ncn3[C@@H]2O[C@H](COS(=O)(=O)c3ccc(C)cc3)[C@@H](OS(=O)(=O)c3ccc(C)cc3)[C@H]2OS(=O)(=O)c2ccc(C)cc2)cc1. The van der Waals surface area contributed by atoms with Crippen LogP contribution >= 0.6 is 0 Å². The van der Waals surface area contributed by atoms with Crippen molar-refractivity contribution in [2.24, 2.45) is 0 Å². The summed E-state index contributed by atoms with van der Waals surface area (Å²) >= 11 is 0. The van der Waals surface area contributed by atoms with E-state index >= 15 is 0 Å². The van der Waals surface area contributed by atoms with Crippen LogP contribution in [-0.4, -0.2) is 76.8 Å². The topological polar surface area (TPSA) is 192 Å². The number of nitrogens with zero attached hydrogens (tertiary/aromatic N) is 4. The van der Waals surface area contributed by atoms with E-state index < -0.39 is 61.5 Å². The summed E-state index contributed by atoms with van der Waals surface area (Å²) < 4.78 is 112. The summed E-state index contributed by atoms with van der Waals surface area (Å²) in [5, 5.41) is 0. The van der Waals surface area contributed by atoms with Gasteiger partial charge in [-0.25, -0.2) is 15.0 Å². The van der Waals surface area contributed by atoms with Gasteiger partial charge in [-0.05, 0) is 81.4 Å². The fourth-order valence-electron chi connectivity index (χ4n) is 6.03. The number of rotatable bonds is 13. The van der Waals surface area contributed by atoms with Crippen LogP contribution in [0.25, 0.3) is 22.4 Å². The molecule has 1 saturated heterocycles. The number of methoxy groups -OCH3 is 1. The molecule has 1 fully saturated rings. The predicted octanol–water partition coefficient (Wildman–Crippen LogP) is 5.28. The molecule has 0 spiro atoms. The Labute approximate surface area is 324 Å². The van der Waals surface area contributed by atoms with Crippen molar-refractivity contribution in [3.63, 3.8) is 0 Å². The van der Waals surface area contributed by atoms with Crippen LogP contribution in [0.5, 0.6) is 5.75 Å². The van der Waals surface area contributed by atoms with Gasteiger partial charge in [-0.1, -0.05) is 53.1 Å². The molecule has 0 unspecified atom stereocenters. The first-order valence-corrected chi connectivity index (χ1v) is 21.3. The van der Waals surface area contributed by atoms with Crippen molar-refractivity contribution < 1.29 is 47.3 Å². The molecule has 15 nitrogen and oxygen atoms in total. The lowest BCUT2D eigenvalue weighted by molar-refractivity contribution is -0.0419. The first kappa shape index (κ1) is 39.2. The van der Waals surface area contributed by atoms with Gasteiger partial charge < -0.3 is 9.47 Å². The summed E-state index contributed by atoms with van der Waals surface area (Å²) in [7, 11) is -12.2. The van der Waals surface area contributed by atoms with Crippen LogP contribution in [0.4, 0.5) is 0 Å². The monoisotopic (exact) mass is 820 g/mol. The molecule has 0 N–H and O–H groups in total. The standard InChI is InChI=1S/C38H36N4O11S3/c1-24-5-15-29(16-6-24)54(43,44)50-21-32-35(52-55(45,46)30-17-7-25(2)8-18-30)36(53-56(47,48)31-19-9-26(3)10-20-31)38(51-32)42-23-41-34-33(39-22-40-37(34)42)27-11-13-28(49-4)14-12-27/h5-20,22-23,32,35-36,38H,21H2,1-4H3/t32-,35-,36-,38-/m1/s1. The molecule has 0 radical (unpaired) electrons. The van der Waals surface area contributed by atoms with Gasteiger partial charge in [-0.2, -0.15) is 25.3 Å². The van der Waals surface area contributed by atoms with E-state index in [0.29, 0.717) is 17.0 Å². The van der Waals surface area contributed by atoms with E-state index in [0.717, 1.165) is 16.7 Å². The summed E-state index contributed by atoms with van der Waals surface area (Å²) in [5.41, 5.74) is 3.87. The molecule has 56 heavy (non-hydrogen) atoms. The summed E-state index contributed by atoms with van der Waals surface area (Å²) in [6.45, 7) is 4.53. The number of ether oxygens (including phenoxy) is 2. The molecule has 0 bridgehead atoms. The lowest BCUT2D eigenvalue weighted by Gasteiger charge is -2.24. The van der Waals surface area contributed by atoms with E-state index in [4.69, 9.17) is 22.0 Å². The molecule has 0 saturated carbocycles. The molecule has 1 aliphatic heterocycles. The van der Waals surface area contributed by atoms with E-state index in [-0.39, 0.29) is 25.9 Å². The fourth-order valence-corrected chi connectivity index (χ4v) is 9.13. The zero-order valence-electron chi connectivity index (χ0n) is 30.4. The Bertz CT molecular complexity index is 2690. The second kappa shape index (κ2) is 15.5. The van der Waals surface area contributed by atoms with E-state index in [2.05, 4.69) is 15.0 Å². The Morgan fingerprint density at radius 1 is 0.625 bits per heavy atom. The van der Waals surface area contributed by atoms with Crippen LogP contribution < -0.4 is 4.74 Å². The van der Waals surface area contributed by atoms with Crippen LogP contribution in [0.3, 0.4) is 0 Å². The van der Waals surface area contributed by atoms with Crippen molar-refractivity contribution in [3.05, 3.63) is 126 Å². The highest BCUT2D eigenvalue weighted by Crippen LogP contribution is 2.40. The molecule has 1 aliphatic rings. The molecule has 4 atom stereocenters. The normalized spacial score (nSPS) is 19.0. The lowest BCUT2D eigenvalue weighted by Crippen LogP contribution is -2.41. The largest absolute Gasteiger partial charge is 0.497 e. The van der Waals surface area contributed by atoms with E-state index in [9.17, 15) is 25.3 Å². The Kier molecular flexibility index (Phi) is 10.8. The first-order valence-electron chi connectivity index (χ1n) is 17.1. The molecular formula is C38H36N4O11S3. The Hall–Kier alpha value is -5.08. The Morgan fingerprint density at radius 2 is 1.12 bits per heavy atom. The van der Waals surface area contributed by atoms with Gasteiger partial charge in [0.25, 0.3) is 30.4 Å². The average Bonchev–Trinajstić information content (AvgIpc) is 3.75. The summed E-state index contributed by atoms with van der Waals surface area (Å²) in [6.07, 6.45) is -4.08. The van der Waals surface area contributed by atoms with Crippen molar-refractivity contribution in [1.82, 2.24) is 19.5 Å². The number of benzene rings is 4. The van der Waals surface area contributed by atoms with Crippen LogP contribution in [0, 0.1) is 20.8 Å². The summed E-state index contributed by atoms with van der Waals surface area (Å²) in [6, 6.07) is 24.5. The maximum absolute atomic E-state index is 14.0. The van der Waals surface area contributed by atoms with Gasteiger partial charge in [0.1, 0.15) is 35.5 Å². The number of aryl methyl sites for hydroxylation is 3. The quantitative estimate of drug-likeness (QED) is 0.137. The van der Waals surface area contributed by atoms with Crippen molar-refractivity contribution in [2.45, 2.75) is 60.0 Å². The molecule has 18 heteroatoms. The van der Waals surface area contributed by atoms with Crippen LogP contribution in [0.1, 0.15) is 22.9 Å². The van der Waals surface area contributed by atoms with Gasteiger partial charge in [0.2, 0.25) is 0 Å². The van der Waals surface area contributed by atoms with Gasteiger partial charge in [0.15, 0.2) is 18.0 Å². The second-order valence-electron chi connectivity index (χ2n) is 13.0.